The third kappa shape index (κ3) is 4.89. The second-order valence-electron chi connectivity index (χ2n) is 6.15. The molecule has 3 N–H and O–H groups in total. The van der Waals surface area contributed by atoms with Crippen LogP contribution in [0.5, 0.6) is 0 Å². The molecule has 0 unspecified atom stereocenters. The van der Waals surface area contributed by atoms with Gasteiger partial charge in [0, 0.05) is 12.6 Å². The molecule has 8 nitrogen and oxygen atoms in total. The second kappa shape index (κ2) is 7.91. The minimum atomic E-state index is -3.96. The molecule has 1 aromatic carbocycles. The van der Waals surface area contributed by atoms with E-state index >= 15 is 0 Å². The van der Waals surface area contributed by atoms with Crippen molar-refractivity contribution in [1.82, 2.24) is 4.90 Å². The molecule has 0 atom stereocenters. The molecular weight excluding hydrogens is 332 g/mol. The summed E-state index contributed by atoms with van der Waals surface area (Å²) in [5.41, 5.74) is 0.0494. The van der Waals surface area contributed by atoms with Gasteiger partial charge in [-0.05, 0) is 56.9 Å². The number of primary sulfonamides is 1. The van der Waals surface area contributed by atoms with Gasteiger partial charge in [-0.25, -0.2) is 13.6 Å². The summed E-state index contributed by atoms with van der Waals surface area (Å²) in [7, 11) is -3.96. The van der Waals surface area contributed by atoms with Gasteiger partial charge in [0.2, 0.25) is 10.0 Å². The second-order valence-corrected chi connectivity index (χ2v) is 7.71. The van der Waals surface area contributed by atoms with Gasteiger partial charge < -0.3 is 10.2 Å². The molecule has 2 rings (SSSR count). The van der Waals surface area contributed by atoms with Crippen LogP contribution in [0.4, 0.5) is 11.4 Å². The van der Waals surface area contributed by atoms with E-state index in [-0.39, 0.29) is 10.6 Å². The number of nitrogens with two attached hydrogens (primary N) is 1. The highest BCUT2D eigenvalue weighted by atomic mass is 32.2. The molecule has 134 valence electrons. The molecule has 1 aromatic rings. The van der Waals surface area contributed by atoms with Gasteiger partial charge >= 0.3 is 0 Å². The van der Waals surface area contributed by atoms with Gasteiger partial charge in [-0.1, -0.05) is 6.92 Å². The van der Waals surface area contributed by atoms with E-state index in [1.54, 1.807) is 0 Å². The quantitative estimate of drug-likeness (QED) is 0.568. The van der Waals surface area contributed by atoms with Gasteiger partial charge in [-0.3, -0.25) is 10.1 Å². The lowest BCUT2D eigenvalue weighted by atomic mass is 9.96. The number of nitro benzene ring substituents is 1. The van der Waals surface area contributed by atoms with E-state index < -0.39 is 14.9 Å². The Kier molecular flexibility index (Phi) is 6.14. The first kappa shape index (κ1) is 18.6. The Morgan fingerprint density at radius 2 is 2.04 bits per heavy atom. The van der Waals surface area contributed by atoms with Crippen molar-refractivity contribution in [2.75, 3.05) is 31.5 Å². The summed E-state index contributed by atoms with van der Waals surface area (Å²) >= 11 is 0. The first-order valence-corrected chi connectivity index (χ1v) is 9.63. The Morgan fingerprint density at radius 3 is 2.58 bits per heavy atom. The van der Waals surface area contributed by atoms with Gasteiger partial charge in [0.15, 0.2) is 0 Å². The summed E-state index contributed by atoms with van der Waals surface area (Å²) in [6.45, 7) is 6.01. The first-order chi connectivity index (χ1) is 11.3. The van der Waals surface area contributed by atoms with E-state index in [0.717, 1.165) is 45.0 Å². The summed E-state index contributed by atoms with van der Waals surface area (Å²) < 4.78 is 22.7. The lowest BCUT2D eigenvalue weighted by Crippen LogP contribution is -2.36. The van der Waals surface area contributed by atoms with Gasteiger partial charge in [-0.2, -0.15) is 0 Å². The highest BCUT2D eigenvalue weighted by Crippen LogP contribution is 2.28. The fourth-order valence-electron chi connectivity index (χ4n) is 2.97. The van der Waals surface area contributed by atoms with Crippen molar-refractivity contribution in [2.24, 2.45) is 11.1 Å². The maximum absolute atomic E-state index is 11.3. The Labute approximate surface area is 142 Å². The van der Waals surface area contributed by atoms with Crippen LogP contribution < -0.4 is 10.5 Å². The third-order valence-corrected chi connectivity index (χ3v) is 5.23. The molecule has 1 aliphatic rings. The van der Waals surface area contributed by atoms with E-state index in [2.05, 4.69) is 17.1 Å². The molecule has 0 amide bonds. The number of anilines is 1. The van der Waals surface area contributed by atoms with Gasteiger partial charge in [0.05, 0.1) is 9.82 Å². The molecule has 1 saturated heterocycles. The van der Waals surface area contributed by atoms with Crippen molar-refractivity contribution in [3.05, 3.63) is 28.3 Å². The largest absolute Gasteiger partial charge is 0.379 e. The van der Waals surface area contributed by atoms with Crippen molar-refractivity contribution in [3.63, 3.8) is 0 Å². The van der Waals surface area contributed by atoms with Crippen LogP contribution in [-0.4, -0.2) is 44.4 Å². The van der Waals surface area contributed by atoms with Crippen molar-refractivity contribution >= 4 is 21.4 Å². The van der Waals surface area contributed by atoms with Crippen LogP contribution in [-0.2, 0) is 10.0 Å². The predicted molar refractivity (Wildman–Crippen MR) is 92.4 cm³/mol. The molecule has 0 aromatic heterocycles. The minimum Gasteiger partial charge on any atom is -0.379 e. The van der Waals surface area contributed by atoms with Gasteiger partial charge in [-0.15, -0.1) is 0 Å². The lowest BCUT2D eigenvalue weighted by Gasteiger charge is -2.31. The number of rotatable bonds is 7. The average Bonchev–Trinajstić information content (AvgIpc) is 2.53. The molecule has 1 aliphatic heterocycles. The molecule has 9 heteroatoms. The topological polar surface area (TPSA) is 119 Å². The van der Waals surface area contributed by atoms with Gasteiger partial charge in [0.25, 0.3) is 5.69 Å². The number of sulfonamides is 1. The molecule has 0 aliphatic carbocycles. The number of nitro groups is 1. The summed E-state index contributed by atoms with van der Waals surface area (Å²) in [5, 5.41) is 19.3. The fraction of sp³-hybridized carbons (Fsp3) is 0.600. The van der Waals surface area contributed by atoms with E-state index in [1.165, 1.54) is 12.1 Å². The van der Waals surface area contributed by atoms with Crippen molar-refractivity contribution < 1.29 is 13.3 Å². The Bertz CT molecular complexity index is 685. The lowest BCUT2D eigenvalue weighted by molar-refractivity contribution is -0.384. The smallest absolute Gasteiger partial charge is 0.293 e. The number of likely N-dealkylation sites (tertiary alicyclic amines) is 1. The molecule has 24 heavy (non-hydrogen) atoms. The highest BCUT2D eigenvalue weighted by Gasteiger charge is 2.22. The van der Waals surface area contributed by atoms with Crippen LogP contribution in [0.3, 0.4) is 0 Å². The van der Waals surface area contributed by atoms with Crippen LogP contribution in [0.25, 0.3) is 0 Å². The fourth-order valence-corrected chi connectivity index (χ4v) is 3.51. The molecule has 0 spiro atoms. The molecule has 0 bridgehead atoms. The zero-order valence-corrected chi connectivity index (χ0v) is 14.6. The van der Waals surface area contributed by atoms with Crippen molar-refractivity contribution in [2.45, 2.75) is 31.1 Å². The normalized spacial score (nSPS) is 16.9. The number of benzene rings is 1. The number of hydrogen-bond acceptors (Lipinski definition) is 6. The molecule has 0 radical (unpaired) electrons. The SMILES string of the molecule is CCCN1CCC(CNc2ccc(S(N)(=O)=O)cc2[N+](=O)[O-])CC1. The summed E-state index contributed by atoms with van der Waals surface area (Å²) in [5.74, 6) is 0.454. The van der Waals surface area contributed by atoms with E-state index in [1.807, 2.05) is 0 Å². The number of hydrogen-bond donors (Lipinski definition) is 2. The summed E-state index contributed by atoms with van der Waals surface area (Å²) in [6.07, 6.45) is 3.25. The number of nitrogens with zero attached hydrogens (tertiary/aromatic N) is 2. The minimum absolute atomic E-state index is 0.257. The van der Waals surface area contributed by atoms with E-state index in [9.17, 15) is 18.5 Å². The number of nitrogens with one attached hydrogen (secondary N) is 1. The van der Waals surface area contributed by atoms with E-state index in [0.29, 0.717) is 18.2 Å². The van der Waals surface area contributed by atoms with Crippen LogP contribution in [0.1, 0.15) is 26.2 Å². The maximum Gasteiger partial charge on any atom is 0.293 e. The predicted octanol–water partition coefficient (Wildman–Crippen LogP) is 1.78. The first-order valence-electron chi connectivity index (χ1n) is 8.08. The third-order valence-electron chi connectivity index (χ3n) is 4.32. The van der Waals surface area contributed by atoms with Crippen molar-refractivity contribution in [1.29, 1.82) is 0 Å². The number of piperidine rings is 1. The Hall–Kier alpha value is -1.71. The summed E-state index contributed by atoms with van der Waals surface area (Å²) in [4.78, 5) is 12.8. The van der Waals surface area contributed by atoms with Crippen LogP contribution in [0.15, 0.2) is 23.1 Å². The van der Waals surface area contributed by atoms with Crippen LogP contribution in [0.2, 0.25) is 0 Å². The Morgan fingerprint density at radius 1 is 1.38 bits per heavy atom. The van der Waals surface area contributed by atoms with Crippen LogP contribution >= 0.6 is 0 Å². The van der Waals surface area contributed by atoms with Crippen LogP contribution in [0, 0.1) is 16.0 Å². The van der Waals surface area contributed by atoms with E-state index in [4.69, 9.17) is 5.14 Å². The zero-order chi connectivity index (χ0) is 17.7. The van der Waals surface area contributed by atoms with Gasteiger partial charge in [0.1, 0.15) is 5.69 Å². The zero-order valence-electron chi connectivity index (χ0n) is 13.8. The molecular formula is C15H24N4O4S. The molecule has 0 saturated carbocycles. The summed E-state index contributed by atoms with van der Waals surface area (Å²) in [6, 6.07) is 3.69. The Balaban J connectivity index is 2.01. The average molecular weight is 356 g/mol. The molecule has 1 fully saturated rings. The highest BCUT2D eigenvalue weighted by molar-refractivity contribution is 7.89. The van der Waals surface area contributed by atoms with Crippen molar-refractivity contribution in [3.8, 4) is 0 Å². The monoisotopic (exact) mass is 356 g/mol. The molecule has 1 heterocycles. The standard InChI is InChI=1S/C15H24N4O4S/c1-2-7-18-8-5-12(6-9-18)11-17-14-4-3-13(24(16,22)23)10-15(14)19(20)21/h3-4,10,12,17H,2,5-9,11H2,1H3,(H2,16,22,23). The maximum atomic E-state index is 11.3.